The summed E-state index contributed by atoms with van der Waals surface area (Å²) in [5.74, 6) is -1.14. The Morgan fingerprint density at radius 1 is 1.35 bits per heavy atom. The number of azo groups is 1. The van der Waals surface area contributed by atoms with Gasteiger partial charge in [-0.15, -0.1) is 10.2 Å². The van der Waals surface area contributed by atoms with Crippen LogP contribution < -0.4 is 5.56 Å². The molecule has 1 heterocycles. The van der Waals surface area contributed by atoms with Crippen LogP contribution in [0.5, 0.6) is 5.88 Å². The Kier molecular flexibility index (Phi) is 5.82. The maximum Gasteiger partial charge on any atom is 0.340 e. The monoisotopic (exact) mass is 356 g/mol. The molecule has 9 nitrogen and oxygen atoms in total. The molecule has 9 heteroatoms. The van der Waals surface area contributed by atoms with Crippen LogP contribution in [0.4, 0.5) is 11.4 Å². The largest absolute Gasteiger partial charge is 0.493 e. The molecule has 0 saturated carbocycles. The Bertz CT molecular complexity index is 972. The molecule has 0 bridgehead atoms. The molecule has 0 aliphatic rings. The lowest BCUT2D eigenvalue weighted by Crippen LogP contribution is -2.25. The highest BCUT2D eigenvalue weighted by molar-refractivity contribution is 5.94. The standard InChI is InChI=1S/C17H16N4O5/c1-10-12(9-18)15(23)21(7-8-22)16(24)14(10)20-19-13-6-4-3-5-11(13)17(25)26-2/h3-6,22,24H,7-8H2,1-2H3/b20-19+. The number of nitrogens with zero attached hydrogens (tertiary/aromatic N) is 4. The van der Waals surface area contributed by atoms with Crippen LogP contribution in [0, 0.1) is 18.3 Å². The topological polar surface area (TPSA) is 137 Å². The minimum Gasteiger partial charge on any atom is -0.493 e. The van der Waals surface area contributed by atoms with E-state index in [1.54, 1.807) is 18.2 Å². The van der Waals surface area contributed by atoms with Crippen molar-refractivity contribution in [3.63, 3.8) is 0 Å². The van der Waals surface area contributed by atoms with E-state index in [1.807, 2.05) is 0 Å². The van der Waals surface area contributed by atoms with Gasteiger partial charge in [0.2, 0.25) is 5.88 Å². The van der Waals surface area contributed by atoms with Gasteiger partial charge >= 0.3 is 5.97 Å². The van der Waals surface area contributed by atoms with Gasteiger partial charge in [-0.2, -0.15) is 5.26 Å². The normalized spacial score (nSPS) is 10.7. The third-order valence-electron chi connectivity index (χ3n) is 3.66. The van der Waals surface area contributed by atoms with Crippen molar-refractivity contribution in [1.29, 1.82) is 5.26 Å². The smallest absolute Gasteiger partial charge is 0.340 e. The van der Waals surface area contributed by atoms with Crippen molar-refractivity contribution in [2.24, 2.45) is 10.2 Å². The molecular weight excluding hydrogens is 340 g/mol. The Morgan fingerprint density at radius 3 is 2.65 bits per heavy atom. The molecule has 0 radical (unpaired) electrons. The molecule has 2 aromatic rings. The number of aromatic hydroxyl groups is 1. The number of carbonyl (C=O) groups is 1. The number of aromatic nitrogens is 1. The van der Waals surface area contributed by atoms with Crippen LogP contribution in [-0.4, -0.2) is 34.5 Å². The van der Waals surface area contributed by atoms with Gasteiger partial charge < -0.3 is 14.9 Å². The van der Waals surface area contributed by atoms with Gasteiger partial charge in [-0.3, -0.25) is 9.36 Å². The zero-order valence-electron chi connectivity index (χ0n) is 14.1. The van der Waals surface area contributed by atoms with Gasteiger partial charge in [0.05, 0.1) is 25.8 Å². The number of hydrogen-bond donors (Lipinski definition) is 2. The van der Waals surface area contributed by atoms with Crippen molar-refractivity contribution in [2.75, 3.05) is 13.7 Å². The van der Waals surface area contributed by atoms with E-state index in [0.29, 0.717) is 0 Å². The van der Waals surface area contributed by atoms with E-state index in [4.69, 9.17) is 5.11 Å². The number of aliphatic hydroxyl groups is 1. The van der Waals surface area contributed by atoms with E-state index >= 15 is 0 Å². The van der Waals surface area contributed by atoms with Gasteiger partial charge in [-0.05, 0) is 19.1 Å². The van der Waals surface area contributed by atoms with E-state index in [0.717, 1.165) is 4.57 Å². The van der Waals surface area contributed by atoms with Crippen molar-refractivity contribution in [2.45, 2.75) is 13.5 Å². The molecule has 1 aromatic carbocycles. The Balaban J connectivity index is 2.63. The number of esters is 1. The fourth-order valence-corrected chi connectivity index (χ4v) is 2.31. The summed E-state index contributed by atoms with van der Waals surface area (Å²) in [6, 6.07) is 8.06. The quantitative estimate of drug-likeness (QED) is 0.620. The van der Waals surface area contributed by atoms with Crippen molar-refractivity contribution in [3.05, 3.63) is 51.3 Å². The fourth-order valence-electron chi connectivity index (χ4n) is 2.31. The molecule has 2 rings (SSSR count). The number of pyridine rings is 1. The predicted octanol–water partition coefficient (Wildman–Crippen LogP) is 1.93. The number of carbonyl (C=O) groups excluding carboxylic acids is 1. The molecule has 0 aliphatic heterocycles. The molecule has 0 spiro atoms. The van der Waals surface area contributed by atoms with Gasteiger partial charge in [0.25, 0.3) is 5.56 Å². The van der Waals surface area contributed by atoms with E-state index in [-0.39, 0.29) is 34.6 Å². The van der Waals surface area contributed by atoms with E-state index in [1.165, 1.54) is 26.2 Å². The maximum atomic E-state index is 12.2. The van der Waals surface area contributed by atoms with Crippen molar-refractivity contribution in [3.8, 4) is 11.9 Å². The number of ether oxygens (including phenoxy) is 1. The summed E-state index contributed by atoms with van der Waals surface area (Å²) in [4.78, 5) is 24.0. The highest BCUT2D eigenvalue weighted by atomic mass is 16.5. The summed E-state index contributed by atoms with van der Waals surface area (Å²) in [6.45, 7) is 0.827. The first-order valence-electron chi connectivity index (χ1n) is 7.52. The second-order valence-corrected chi connectivity index (χ2v) is 5.17. The van der Waals surface area contributed by atoms with Crippen LogP contribution in [0.1, 0.15) is 21.5 Å². The molecular formula is C17H16N4O5. The molecule has 134 valence electrons. The lowest BCUT2D eigenvalue weighted by atomic mass is 10.1. The first kappa shape index (κ1) is 18.8. The van der Waals surface area contributed by atoms with Crippen LogP contribution in [0.2, 0.25) is 0 Å². The molecule has 0 aliphatic carbocycles. The number of aliphatic hydroxyl groups excluding tert-OH is 1. The summed E-state index contributed by atoms with van der Waals surface area (Å²) in [5, 5.41) is 36.4. The summed E-state index contributed by atoms with van der Waals surface area (Å²) in [6.07, 6.45) is 0. The molecule has 0 saturated heterocycles. The average molecular weight is 356 g/mol. The summed E-state index contributed by atoms with van der Waals surface area (Å²) in [5.41, 5.74) is -0.550. The second kappa shape index (κ2) is 8.04. The van der Waals surface area contributed by atoms with Crippen LogP contribution in [-0.2, 0) is 11.3 Å². The second-order valence-electron chi connectivity index (χ2n) is 5.17. The third-order valence-corrected chi connectivity index (χ3v) is 3.66. The highest BCUT2D eigenvalue weighted by Crippen LogP contribution is 2.32. The Morgan fingerprint density at radius 2 is 2.04 bits per heavy atom. The molecule has 1 aromatic heterocycles. The maximum absolute atomic E-state index is 12.2. The van der Waals surface area contributed by atoms with Crippen LogP contribution in [0.15, 0.2) is 39.3 Å². The number of hydrogen-bond acceptors (Lipinski definition) is 8. The molecule has 0 unspecified atom stereocenters. The molecule has 0 fully saturated rings. The van der Waals surface area contributed by atoms with Crippen LogP contribution in [0.25, 0.3) is 0 Å². The number of rotatable bonds is 5. The van der Waals surface area contributed by atoms with Crippen molar-refractivity contribution in [1.82, 2.24) is 4.57 Å². The van der Waals surface area contributed by atoms with Gasteiger partial charge in [-0.25, -0.2) is 4.79 Å². The first-order valence-corrected chi connectivity index (χ1v) is 7.52. The van der Waals surface area contributed by atoms with Crippen molar-refractivity contribution >= 4 is 17.3 Å². The van der Waals surface area contributed by atoms with E-state index in [9.17, 15) is 20.0 Å². The number of methoxy groups -OCH3 is 1. The predicted molar refractivity (Wildman–Crippen MR) is 90.9 cm³/mol. The minimum absolute atomic E-state index is 0.103. The molecule has 2 N–H and O–H groups in total. The van der Waals surface area contributed by atoms with Gasteiger partial charge in [-0.1, -0.05) is 12.1 Å². The number of nitriles is 1. The Hall–Kier alpha value is -3.51. The highest BCUT2D eigenvalue weighted by Gasteiger charge is 2.19. The molecule has 26 heavy (non-hydrogen) atoms. The fraction of sp³-hybridized carbons (Fsp3) is 0.235. The summed E-state index contributed by atoms with van der Waals surface area (Å²) in [7, 11) is 1.23. The lowest BCUT2D eigenvalue weighted by molar-refractivity contribution is 0.0601. The van der Waals surface area contributed by atoms with Gasteiger partial charge in [0, 0.05) is 5.56 Å². The summed E-state index contributed by atoms with van der Waals surface area (Å²) >= 11 is 0. The zero-order valence-corrected chi connectivity index (χ0v) is 14.1. The lowest BCUT2D eigenvalue weighted by Gasteiger charge is -2.12. The minimum atomic E-state index is -0.731. The summed E-state index contributed by atoms with van der Waals surface area (Å²) < 4.78 is 5.51. The average Bonchev–Trinajstić information content (AvgIpc) is 2.65. The van der Waals surface area contributed by atoms with Crippen LogP contribution in [0.3, 0.4) is 0 Å². The SMILES string of the molecule is COC(=O)c1ccccc1/N=N/c1c(C)c(C#N)c(=O)n(CCO)c1O. The third kappa shape index (κ3) is 3.45. The van der Waals surface area contributed by atoms with E-state index < -0.39 is 24.0 Å². The first-order chi connectivity index (χ1) is 12.5. The Labute approximate surface area is 148 Å². The molecule has 0 amide bonds. The zero-order chi connectivity index (χ0) is 19.3. The van der Waals surface area contributed by atoms with E-state index in [2.05, 4.69) is 15.0 Å². The van der Waals surface area contributed by atoms with Crippen LogP contribution >= 0.6 is 0 Å². The number of benzene rings is 1. The van der Waals surface area contributed by atoms with Gasteiger partial charge in [0.15, 0.2) is 5.69 Å². The van der Waals surface area contributed by atoms with Crippen molar-refractivity contribution < 1.29 is 19.7 Å². The van der Waals surface area contributed by atoms with Gasteiger partial charge in [0.1, 0.15) is 17.3 Å². The molecule has 0 atom stereocenters.